The lowest BCUT2D eigenvalue weighted by molar-refractivity contribution is -0.139. The predicted molar refractivity (Wildman–Crippen MR) is 83.1 cm³/mol. The van der Waals surface area contributed by atoms with Crippen LogP contribution in [0.15, 0.2) is 12.7 Å². The van der Waals surface area contributed by atoms with Crippen LogP contribution >= 0.6 is 0 Å². The fourth-order valence-electron chi connectivity index (χ4n) is 2.06. The molecule has 0 aliphatic heterocycles. The molecule has 0 saturated carbocycles. The molecule has 0 spiro atoms. The molecule has 0 radical (unpaired) electrons. The molecule has 0 bridgehead atoms. The minimum atomic E-state index is -1.87. The fraction of sp³-hybridized carbons (Fsp3) is 0.769. The van der Waals surface area contributed by atoms with E-state index in [1.54, 1.807) is 0 Å². The monoisotopic (exact) mass is 304 g/mol. The van der Waals surface area contributed by atoms with E-state index in [2.05, 4.69) is 46.2 Å². The average molecular weight is 305 g/mol. The van der Waals surface area contributed by atoms with Crippen molar-refractivity contribution in [3.05, 3.63) is 12.7 Å². The quantitative estimate of drug-likeness (QED) is 0.284. The van der Waals surface area contributed by atoms with Crippen LogP contribution in [0.25, 0.3) is 0 Å². The predicted octanol–water partition coefficient (Wildman–Crippen LogP) is 3.11. The van der Waals surface area contributed by atoms with E-state index in [1.807, 2.05) is 0 Å². The summed E-state index contributed by atoms with van der Waals surface area (Å²) in [6.45, 7) is 17.1. The Morgan fingerprint density at radius 1 is 1.21 bits per heavy atom. The van der Waals surface area contributed by atoms with Crippen molar-refractivity contribution in [2.75, 3.05) is 13.2 Å². The molecule has 4 nitrogen and oxygen atoms in total. The number of rotatable bonds is 9. The first kappa shape index (κ1) is 18.6. The highest BCUT2D eigenvalue weighted by molar-refractivity contribution is 6.84. The molecule has 0 aliphatic rings. The van der Waals surface area contributed by atoms with E-state index in [0.29, 0.717) is 6.61 Å². The Hall–Kier alpha value is -0.436. The van der Waals surface area contributed by atoms with Gasteiger partial charge in [0.05, 0.1) is 12.3 Å². The van der Waals surface area contributed by atoms with E-state index < -0.39 is 22.6 Å². The van der Waals surface area contributed by atoms with Crippen molar-refractivity contribution < 1.29 is 18.4 Å². The van der Waals surface area contributed by atoms with Gasteiger partial charge >= 0.3 is 5.97 Å². The molecule has 1 atom stereocenters. The first-order valence-corrected chi connectivity index (χ1v) is 13.1. The summed E-state index contributed by atoms with van der Waals surface area (Å²) in [4.78, 5) is 10.9. The second-order valence-corrected chi connectivity index (χ2v) is 14.8. The maximum atomic E-state index is 10.9. The molecule has 0 aromatic heterocycles. The van der Waals surface area contributed by atoms with Crippen LogP contribution in [0.1, 0.15) is 13.3 Å². The highest BCUT2D eigenvalue weighted by atomic mass is 28.4. The van der Waals surface area contributed by atoms with E-state index in [0.717, 1.165) is 12.5 Å². The van der Waals surface area contributed by atoms with Crippen molar-refractivity contribution in [2.45, 2.75) is 51.8 Å². The molecule has 19 heavy (non-hydrogen) atoms. The van der Waals surface area contributed by atoms with Crippen LogP contribution in [-0.2, 0) is 18.4 Å². The number of carbonyl (C=O) groups is 1. The van der Waals surface area contributed by atoms with Gasteiger partial charge in [0, 0.05) is 6.08 Å². The summed E-state index contributed by atoms with van der Waals surface area (Å²) in [7, 11) is -3.43. The van der Waals surface area contributed by atoms with Crippen LogP contribution in [0.3, 0.4) is 0 Å². The topological polar surface area (TPSA) is 44.8 Å². The second-order valence-electron chi connectivity index (χ2n) is 5.96. The van der Waals surface area contributed by atoms with E-state index >= 15 is 0 Å². The van der Waals surface area contributed by atoms with Gasteiger partial charge in [0.15, 0.2) is 8.32 Å². The molecule has 0 amide bonds. The van der Waals surface area contributed by atoms with E-state index in [1.165, 1.54) is 0 Å². The van der Waals surface area contributed by atoms with Gasteiger partial charge in [-0.2, -0.15) is 0 Å². The van der Waals surface area contributed by atoms with E-state index in [4.69, 9.17) is 13.6 Å². The molecule has 0 aromatic rings. The Balaban J connectivity index is 4.25. The van der Waals surface area contributed by atoms with Gasteiger partial charge in [-0.25, -0.2) is 4.79 Å². The van der Waals surface area contributed by atoms with Crippen molar-refractivity contribution in [3.63, 3.8) is 0 Å². The van der Waals surface area contributed by atoms with E-state index in [9.17, 15) is 4.79 Å². The number of hydrogen-bond acceptors (Lipinski definition) is 4. The summed E-state index contributed by atoms with van der Waals surface area (Å²) in [5, 5.41) is 0. The molecule has 0 aliphatic carbocycles. The van der Waals surface area contributed by atoms with Gasteiger partial charge in [-0.05, 0) is 39.2 Å². The summed E-state index contributed by atoms with van der Waals surface area (Å²) >= 11 is 0. The van der Waals surface area contributed by atoms with Crippen molar-refractivity contribution in [2.24, 2.45) is 0 Å². The largest absolute Gasteiger partial charge is 0.460 e. The summed E-state index contributed by atoms with van der Waals surface area (Å²) in [5.74, 6) is -0.411. The lowest BCUT2D eigenvalue weighted by Crippen LogP contribution is -2.52. The standard InChI is InChI=1S/C13H28O4Si2/c1-8-12(14)15-10-11-16-13(9-2)19(6,7)17-18(3,4)5/h8,13H,1,9-11H2,2-7H3. The number of ether oxygens (including phenoxy) is 2. The number of hydrogen-bond donors (Lipinski definition) is 0. The molecule has 6 heteroatoms. The highest BCUT2D eigenvalue weighted by Crippen LogP contribution is 2.21. The Kier molecular flexibility index (Phi) is 7.80. The molecular formula is C13H28O4Si2. The maximum absolute atomic E-state index is 10.9. The van der Waals surface area contributed by atoms with Crippen LogP contribution in [-0.4, -0.2) is 41.5 Å². The minimum Gasteiger partial charge on any atom is -0.460 e. The summed E-state index contributed by atoms with van der Waals surface area (Å²) < 4.78 is 17.1. The van der Waals surface area contributed by atoms with Crippen LogP contribution in [0.4, 0.5) is 0 Å². The molecule has 0 rings (SSSR count). The maximum Gasteiger partial charge on any atom is 0.330 e. The van der Waals surface area contributed by atoms with Crippen LogP contribution < -0.4 is 0 Å². The zero-order valence-corrected chi connectivity index (χ0v) is 15.1. The third-order valence-electron chi connectivity index (χ3n) is 2.53. The third-order valence-corrected chi connectivity index (χ3v) is 9.21. The smallest absolute Gasteiger partial charge is 0.330 e. The molecule has 112 valence electrons. The lowest BCUT2D eigenvalue weighted by atomic mass is 10.5. The van der Waals surface area contributed by atoms with Crippen LogP contribution in [0.5, 0.6) is 0 Å². The Morgan fingerprint density at radius 3 is 2.21 bits per heavy atom. The Labute approximate surface area is 119 Å². The second kappa shape index (κ2) is 7.99. The molecule has 0 heterocycles. The highest BCUT2D eigenvalue weighted by Gasteiger charge is 2.37. The van der Waals surface area contributed by atoms with Gasteiger partial charge < -0.3 is 13.6 Å². The Morgan fingerprint density at radius 2 is 1.79 bits per heavy atom. The summed E-state index contributed by atoms with van der Waals surface area (Å²) in [5.41, 5.74) is 0.127. The molecule has 1 unspecified atom stereocenters. The van der Waals surface area contributed by atoms with Crippen molar-refractivity contribution in [1.29, 1.82) is 0 Å². The van der Waals surface area contributed by atoms with Crippen LogP contribution in [0, 0.1) is 0 Å². The van der Waals surface area contributed by atoms with Gasteiger partial charge in [0.1, 0.15) is 6.61 Å². The van der Waals surface area contributed by atoms with Gasteiger partial charge in [-0.15, -0.1) is 0 Å². The molecular weight excluding hydrogens is 276 g/mol. The lowest BCUT2D eigenvalue weighted by Gasteiger charge is -2.37. The van der Waals surface area contributed by atoms with Gasteiger partial charge in [0.25, 0.3) is 0 Å². The average Bonchev–Trinajstić information content (AvgIpc) is 2.24. The van der Waals surface area contributed by atoms with Crippen molar-refractivity contribution in [1.82, 2.24) is 0 Å². The van der Waals surface area contributed by atoms with Gasteiger partial charge in [-0.3, -0.25) is 0 Å². The fourth-order valence-corrected chi connectivity index (χ4v) is 10.4. The summed E-state index contributed by atoms with van der Waals surface area (Å²) in [6, 6.07) is 0. The molecule has 0 saturated heterocycles. The first-order chi connectivity index (χ1) is 8.62. The zero-order valence-electron chi connectivity index (χ0n) is 13.1. The van der Waals surface area contributed by atoms with Crippen LogP contribution in [0.2, 0.25) is 32.7 Å². The molecule has 0 fully saturated rings. The number of carbonyl (C=O) groups excluding carboxylic acids is 1. The van der Waals surface area contributed by atoms with E-state index in [-0.39, 0.29) is 12.3 Å². The SMILES string of the molecule is C=CC(=O)OCCOC(CC)[Si](C)(C)O[Si](C)(C)C. The minimum absolute atomic E-state index is 0.127. The number of esters is 1. The zero-order chi connectivity index (χ0) is 15.1. The Bertz CT molecular complexity index is 298. The van der Waals surface area contributed by atoms with Gasteiger partial charge in [0.2, 0.25) is 8.32 Å². The third kappa shape index (κ3) is 8.36. The normalized spacial score (nSPS) is 14.0. The molecule has 0 aromatic carbocycles. The van der Waals surface area contributed by atoms with Crippen molar-refractivity contribution in [3.8, 4) is 0 Å². The van der Waals surface area contributed by atoms with Gasteiger partial charge in [-0.1, -0.05) is 13.5 Å². The summed E-state index contributed by atoms with van der Waals surface area (Å²) in [6.07, 6.45) is 2.07. The van der Waals surface area contributed by atoms with Crippen molar-refractivity contribution >= 4 is 22.6 Å². The first-order valence-electron chi connectivity index (χ1n) is 6.73. The molecule has 0 N–H and O–H groups in total.